The molecule has 1 N–H and O–H groups in total. The van der Waals surface area contributed by atoms with Crippen LogP contribution in [0.5, 0.6) is 0 Å². The van der Waals surface area contributed by atoms with Crippen molar-refractivity contribution >= 4 is 35.2 Å². The van der Waals surface area contributed by atoms with Gasteiger partial charge in [-0.1, -0.05) is 56.6 Å². The van der Waals surface area contributed by atoms with E-state index < -0.39 is 18.2 Å². The van der Waals surface area contributed by atoms with Crippen molar-refractivity contribution in [2.45, 2.75) is 52.3 Å². The first kappa shape index (κ1) is 25.0. The van der Waals surface area contributed by atoms with Crippen LogP contribution in [0.15, 0.2) is 48.5 Å². The summed E-state index contributed by atoms with van der Waals surface area (Å²) in [6.07, 6.45) is 0.533. The Balaban J connectivity index is 1.65. The molecule has 2 aromatic carbocycles. The van der Waals surface area contributed by atoms with E-state index in [1.807, 2.05) is 36.9 Å². The van der Waals surface area contributed by atoms with Gasteiger partial charge in [0.15, 0.2) is 12.1 Å². The number of carbonyl (C=O) groups excluding carboxylic acids is 3. The Morgan fingerprint density at radius 2 is 1.83 bits per heavy atom. The minimum absolute atomic E-state index is 0.108. The normalized spacial score (nSPS) is 20.8. The SMILES string of the molecule is CC1CCN(C(=O)C2C(c3cccc(NC(=O)C(C)C)c3)OC(=O)N2Cc2cccc(Cl)c2)CC1. The summed E-state index contributed by atoms with van der Waals surface area (Å²) in [7, 11) is 0. The number of likely N-dealkylation sites (tertiary alicyclic amines) is 1. The summed E-state index contributed by atoms with van der Waals surface area (Å²) in [6.45, 7) is 7.36. The predicted molar refractivity (Wildman–Crippen MR) is 135 cm³/mol. The van der Waals surface area contributed by atoms with E-state index in [1.54, 1.807) is 30.3 Å². The van der Waals surface area contributed by atoms with Gasteiger partial charge in [-0.3, -0.25) is 14.5 Å². The summed E-state index contributed by atoms with van der Waals surface area (Å²) in [6, 6.07) is 13.6. The Labute approximate surface area is 211 Å². The first-order valence-electron chi connectivity index (χ1n) is 12.1. The van der Waals surface area contributed by atoms with Gasteiger partial charge < -0.3 is 15.0 Å². The second-order valence-corrected chi connectivity index (χ2v) is 10.2. The number of amides is 3. The van der Waals surface area contributed by atoms with Gasteiger partial charge in [-0.25, -0.2) is 4.79 Å². The average Bonchev–Trinajstić information content (AvgIpc) is 3.15. The number of nitrogens with zero attached hydrogens (tertiary/aromatic N) is 2. The number of anilines is 1. The molecule has 0 bridgehead atoms. The molecule has 0 saturated carbocycles. The van der Waals surface area contributed by atoms with Crippen molar-refractivity contribution in [1.82, 2.24) is 9.80 Å². The molecule has 2 fully saturated rings. The lowest BCUT2D eigenvalue weighted by molar-refractivity contribution is -0.138. The maximum Gasteiger partial charge on any atom is 0.411 e. The molecular formula is C27H32ClN3O4. The first-order valence-corrected chi connectivity index (χ1v) is 12.5. The molecule has 2 saturated heterocycles. The maximum atomic E-state index is 13.8. The third-order valence-electron chi connectivity index (χ3n) is 6.68. The average molecular weight is 498 g/mol. The van der Waals surface area contributed by atoms with Crippen LogP contribution in [0, 0.1) is 11.8 Å². The van der Waals surface area contributed by atoms with E-state index in [-0.39, 0.29) is 24.3 Å². The summed E-state index contributed by atoms with van der Waals surface area (Å²) >= 11 is 6.16. The van der Waals surface area contributed by atoms with E-state index in [2.05, 4.69) is 12.2 Å². The molecule has 35 heavy (non-hydrogen) atoms. The van der Waals surface area contributed by atoms with Gasteiger partial charge in [0.1, 0.15) is 0 Å². The highest BCUT2D eigenvalue weighted by Crippen LogP contribution is 2.36. The van der Waals surface area contributed by atoms with Crippen LogP contribution in [0.1, 0.15) is 50.8 Å². The molecule has 2 atom stereocenters. The van der Waals surface area contributed by atoms with Crippen LogP contribution in [-0.2, 0) is 20.9 Å². The third-order valence-corrected chi connectivity index (χ3v) is 6.92. The quantitative estimate of drug-likeness (QED) is 0.590. The molecule has 0 spiro atoms. The fourth-order valence-electron chi connectivity index (χ4n) is 4.52. The van der Waals surface area contributed by atoms with E-state index in [0.717, 1.165) is 18.4 Å². The minimum atomic E-state index is -0.814. The van der Waals surface area contributed by atoms with Crippen LogP contribution in [-0.4, -0.2) is 46.8 Å². The van der Waals surface area contributed by atoms with Crippen LogP contribution in [0.25, 0.3) is 0 Å². The molecule has 7 nitrogen and oxygen atoms in total. The van der Waals surface area contributed by atoms with E-state index in [4.69, 9.17) is 16.3 Å². The Kier molecular flexibility index (Phi) is 7.65. The second kappa shape index (κ2) is 10.7. The van der Waals surface area contributed by atoms with Crippen molar-refractivity contribution in [3.63, 3.8) is 0 Å². The van der Waals surface area contributed by atoms with Crippen LogP contribution in [0.3, 0.4) is 0 Å². The number of hydrogen-bond donors (Lipinski definition) is 1. The van der Waals surface area contributed by atoms with E-state index in [0.29, 0.717) is 35.3 Å². The summed E-state index contributed by atoms with van der Waals surface area (Å²) in [5, 5.41) is 3.45. The largest absolute Gasteiger partial charge is 0.438 e. The number of benzene rings is 2. The van der Waals surface area contributed by atoms with Gasteiger partial charge in [0.05, 0.1) is 6.54 Å². The summed E-state index contributed by atoms with van der Waals surface area (Å²) in [5.74, 6) is 0.168. The Bertz CT molecular complexity index is 1100. The van der Waals surface area contributed by atoms with Gasteiger partial charge in [-0.15, -0.1) is 0 Å². The van der Waals surface area contributed by atoms with Crippen LogP contribution < -0.4 is 5.32 Å². The van der Waals surface area contributed by atoms with Gasteiger partial charge in [-0.05, 0) is 54.2 Å². The minimum Gasteiger partial charge on any atom is -0.438 e. The molecule has 0 radical (unpaired) electrons. The van der Waals surface area contributed by atoms with Crippen molar-refractivity contribution in [2.75, 3.05) is 18.4 Å². The smallest absolute Gasteiger partial charge is 0.411 e. The van der Waals surface area contributed by atoms with Gasteiger partial charge in [0, 0.05) is 29.7 Å². The van der Waals surface area contributed by atoms with Gasteiger partial charge in [-0.2, -0.15) is 0 Å². The lowest BCUT2D eigenvalue weighted by Crippen LogP contribution is -2.50. The molecule has 8 heteroatoms. The molecule has 0 aromatic heterocycles. The lowest BCUT2D eigenvalue weighted by atomic mass is 9.96. The summed E-state index contributed by atoms with van der Waals surface area (Å²) in [5.41, 5.74) is 2.08. The second-order valence-electron chi connectivity index (χ2n) is 9.78. The number of rotatable bonds is 6. The molecule has 3 amide bonds. The van der Waals surface area contributed by atoms with Crippen molar-refractivity contribution in [3.05, 3.63) is 64.7 Å². The Morgan fingerprint density at radius 1 is 1.11 bits per heavy atom. The van der Waals surface area contributed by atoms with Gasteiger partial charge in [0.25, 0.3) is 0 Å². The molecule has 2 aromatic rings. The number of piperidine rings is 1. The van der Waals surface area contributed by atoms with E-state index in [9.17, 15) is 14.4 Å². The molecule has 2 aliphatic heterocycles. The highest BCUT2D eigenvalue weighted by molar-refractivity contribution is 6.30. The summed E-state index contributed by atoms with van der Waals surface area (Å²) < 4.78 is 5.81. The van der Waals surface area contributed by atoms with Crippen molar-refractivity contribution < 1.29 is 19.1 Å². The van der Waals surface area contributed by atoms with E-state index in [1.165, 1.54) is 4.90 Å². The monoisotopic (exact) mass is 497 g/mol. The molecule has 4 rings (SSSR count). The molecule has 2 aliphatic rings. The zero-order chi connectivity index (χ0) is 25.1. The molecular weight excluding hydrogens is 466 g/mol. The predicted octanol–water partition coefficient (Wildman–Crippen LogP) is 5.26. The number of cyclic esters (lactones) is 1. The lowest BCUT2D eigenvalue weighted by Gasteiger charge is -2.34. The number of halogens is 1. The Morgan fingerprint density at radius 3 is 2.51 bits per heavy atom. The van der Waals surface area contributed by atoms with Crippen LogP contribution >= 0.6 is 11.6 Å². The highest BCUT2D eigenvalue weighted by Gasteiger charge is 2.48. The highest BCUT2D eigenvalue weighted by atomic mass is 35.5. The van der Waals surface area contributed by atoms with Crippen LogP contribution in [0.2, 0.25) is 5.02 Å². The fraction of sp³-hybridized carbons (Fsp3) is 0.444. The molecule has 2 heterocycles. The third kappa shape index (κ3) is 5.78. The summed E-state index contributed by atoms with van der Waals surface area (Å²) in [4.78, 5) is 42.4. The number of hydrogen-bond acceptors (Lipinski definition) is 4. The number of ether oxygens (including phenoxy) is 1. The molecule has 0 aliphatic carbocycles. The van der Waals surface area contributed by atoms with Gasteiger partial charge in [0.2, 0.25) is 11.8 Å². The zero-order valence-corrected chi connectivity index (χ0v) is 21.1. The Hall–Kier alpha value is -3.06. The van der Waals surface area contributed by atoms with Crippen molar-refractivity contribution in [1.29, 1.82) is 0 Å². The van der Waals surface area contributed by atoms with Crippen molar-refractivity contribution in [3.8, 4) is 0 Å². The van der Waals surface area contributed by atoms with Crippen LogP contribution in [0.4, 0.5) is 10.5 Å². The molecule has 2 unspecified atom stereocenters. The molecule has 186 valence electrons. The zero-order valence-electron chi connectivity index (χ0n) is 20.4. The first-order chi connectivity index (χ1) is 16.7. The van der Waals surface area contributed by atoms with Gasteiger partial charge >= 0.3 is 6.09 Å². The maximum absolute atomic E-state index is 13.8. The standard InChI is InChI=1S/C27H32ClN3O4/c1-17(2)25(32)29-22-9-5-7-20(15-22)24-23(26(33)30-12-10-18(3)11-13-30)31(27(34)35-24)16-19-6-4-8-21(28)14-19/h4-9,14-15,17-18,23-24H,10-13,16H2,1-3H3,(H,29,32). The fourth-order valence-corrected chi connectivity index (χ4v) is 4.73. The topological polar surface area (TPSA) is 79.0 Å². The van der Waals surface area contributed by atoms with E-state index >= 15 is 0 Å². The number of nitrogens with one attached hydrogen (secondary N) is 1. The number of carbonyl (C=O) groups is 3. The van der Waals surface area contributed by atoms with Crippen molar-refractivity contribution in [2.24, 2.45) is 11.8 Å².